The van der Waals surface area contributed by atoms with Crippen LogP contribution in [-0.2, 0) is 17.7 Å². The Bertz CT molecular complexity index is 1290. The summed E-state index contributed by atoms with van der Waals surface area (Å²) in [5.41, 5.74) is 2.97. The highest BCUT2D eigenvalue weighted by Crippen LogP contribution is 2.35. The van der Waals surface area contributed by atoms with Gasteiger partial charge >= 0.3 is 6.09 Å². The predicted molar refractivity (Wildman–Crippen MR) is 152 cm³/mol. The van der Waals surface area contributed by atoms with E-state index in [9.17, 15) is 4.79 Å². The fourth-order valence-electron chi connectivity index (χ4n) is 4.95. The lowest BCUT2D eigenvalue weighted by molar-refractivity contribution is 0.0806. The van der Waals surface area contributed by atoms with E-state index in [4.69, 9.17) is 21.3 Å². The van der Waals surface area contributed by atoms with Gasteiger partial charge in [-0.1, -0.05) is 49.1 Å². The summed E-state index contributed by atoms with van der Waals surface area (Å²) in [4.78, 5) is 22.5. The second kappa shape index (κ2) is 12.4. The van der Waals surface area contributed by atoms with E-state index in [1.165, 1.54) is 4.88 Å². The van der Waals surface area contributed by atoms with Gasteiger partial charge < -0.3 is 14.5 Å². The number of fused-ring (bicyclic) bond motifs is 3. The molecule has 0 aliphatic carbocycles. The van der Waals surface area contributed by atoms with Crippen LogP contribution in [0.25, 0.3) is 5.00 Å². The maximum Gasteiger partial charge on any atom is 0.409 e. The molecule has 0 spiro atoms. The van der Waals surface area contributed by atoms with Crippen LogP contribution >= 0.6 is 22.9 Å². The third-order valence-electron chi connectivity index (χ3n) is 7.18. The second-order valence-corrected chi connectivity index (χ2v) is 11.5. The van der Waals surface area contributed by atoms with E-state index in [0.717, 1.165) is 98.2 Å². The Morgan fingerprint density at radius 1 is 1.03 bits per heavy atom. The quantitative estimate of drug-likeness (QED) is 0.326. The zero-order valence-electron chi connectivity index (χ0n) is 22.2. The minimum atomic E-state index is -0.165. The zero-order chi connectivity index (χ0) is 26.5. The number of halogens is 1. The van der Waals surface area contributed by atoms with E-state index >= 15 is 0 Å². The van der Waals surface area contributed by atoms with Gasteiger partial charge in [0.25, 0.3) is 0 Å². The first kappa shape index (κ1) is 26.8. The van der Waals surface area contributed by atoms with Crippen molar-refractivity contribution in [1.82, 2.24) is 24.6 Å². The van der Waals surface area contributed by atoms with Crippen molar-refractivity contribution in [3.8, 4) is 5.00 Å². The molecule has 202 valence electrons. The van der Waals surface area contributed by atoms with E-state index in [-0.39, 0.29) is 6.09 Å². The van der Waals surface area contributed by atoms with E-state index < -0.39 is 0 Å². The number of rotatable bonds is 9. The monoisotopic (exact) mass is 554 g/mol. The Hall–Kier alpha value is -2.75. The molecular weight excluding hydrogens is 520 g/mol. The van der Waals surface area contributed by atoms with Gasteiger partial charge in [0.05, 0.1) is 12.3 Å². The molecule has 38 heavy (non-hydrogen) atoms. The molecule has 0 N–H and O–H groups in total. The minimum Gasteiger partial charge on any atom is -0.449 e. The first-order chi connectivity index (χ1) is 18.5. The fraction of sp³-hybridized carbons (Fsp3) is 0.500. The van der Waals surface area contributed by atoms with E-state index in [1.54, 1.807) is 11.3 Å². The number of aliphatic imine (C=N–C) groups is 1. The largest absolute Gasteiger partial charge is 0.449 e. The van der Waals surface area contributed by atoms with Crippen LogP contribution in [0.4, 0.5) is 4.79 Å². The molecule has 2 aliphatic heterocycles. The molecule has 0 radical (unpaired) electrons. The van der Waals surface area contributed by atoms with Gasteiger partial charge in [-0.25, -0.2) is 4.79 Å². The van der Waals surface area contributed by atoms with Gasteiger partial charge in [0.1, 0.15) is 17.4 Å². The van der Waals surface area contributed by atoms with Gasteiger partial charge in [-0.05, 0) is 45.4 Å². The maximum atomic E-state index is 12.2. The highest BCUT2D eigenvalue weighted by molar-refractivity contribution is 7.15. The SMILES string of the molecule is Cc1nnc2n1-c1sc(CCCCCCCOC(=O)N3CCN(C)CC3)cc1C(c1ccccc1Cl)=NC2. The number of aryl methyl sites for hydroxylation is 2. The summed E-state index contributed by atoms with van der Waals surface area (Å²) in [6, 6.07) is 10.2. The van der Waals surface area contributed by atoms with Crippen LogP contribution < -0.4 is 0 Å². The third-order valence-corrected chi connectivity index (χ3v) is 8.69. The number of hydrogen-bond donors (Lipinski definition) is 0. The number of amides is 1. The zero-order valence-corrected chi connectivity index (χ0v) is 23.7. The number of nitrogens with zero attached hydrogens (tertiary/aromatic N) is 6. The minimum absolute atomic E-state index is 0.165. The average Bonchev–Trinajstić information content (AvgIpc) is 3.45. The first-order valence-electron chi connectivity index (χ1n) is 13.4. The molecule has 2 aliphatic rings. The van der Waals surface area contributed by atoms with Gasteiger partial charge in [-0.3, -0.25) is 9.56 Å². The highest BCUT2D eigenvalue weighted by atomic mass is 35.5. The topological polar surface area (TPSA) is 75.8 Å². The van der Waals surface area contributed by atoms with E-state index in [0.29, 0.717) is 18.2 Å². The standard InChI is InChI=1S/C28H35ClN6O2S/c1-20-31-32-25-19-30-26(22-11-7-8-12-24(22)29)23-18-21(38-27(23)35(20)25)10-6-4-3-5-9-17-37-28(36)34-15-13-33(2)14-16-34/h7-8,11-12,18H,3-6,9-10,13-17,19H2,1-2H3. The van der Waals surface area contributed by atoms with Gasteiger partial charge in [0.15, 0.2) is 5.82 Å². The Balaban J connectivity index is 1.13. The molecule has 1 fully saturated rings. The van der Waals surface area contributed by atoms with Crippen LogP contribution in [-0.4, -0.2) is 76.2 Å². The Morgan fingerprint density at radius 3 is 2.61 bits per heavy atom. The Labute approximate surface area is 233 Å². The van der Waals surface area contributed by atoms with Crippen molar-refractivity contribution in [1.29, 1.82) is 0 Å². The molecule has 0 saturated carbocycles. The van der Waals surface area contributed by atoms with Gasteiger partial charge in [-0.15, -0.1) is 21.5 Å². The Kier molecular flexibility index (Phi) is 8.76. The Morgan fingerprint density at radius 2 is 1.79 bits per heavy atom. The van der Waals surface area contributed by atoms with Crippen LogP contribution in [0, 0.1) is 6.92 Å². The molecule has 5 rings (SSSR count). The molecule has 1 saturated heterocycles. The molecule has 8 nitrogen and oxygen atoms in total. The lowest BCUT2D eigenvalue weighted by Crippen LogP contribution is -2.47. The van der Waals surface area contributed by atoms with E-state index in [2.05, 4.69) is 32.8 Å². The van der Waals surface area contributed by atoms with Crippen LogP contribution in [0.3, 0.4) is 0 Å². The number of ether oxygens (including phenoxy) is 1. The molecule has 0 bridgehead atoms. The molecule has 2 aromatic heterocycles. The van der Waals surface area contributed by atoms with Crippen molar-refractivity contribution in [2.45, 2.75) is 52.0 Å². The van der Waals surface area contributed by atoms with Crippen LogP contribution in [0.2, 0.25) is 5.02 Å². The molecule has 1 aromatic carbocycles. The number of piperazine rings is 1. The van der Waals surface area contributed by atoms with Crippen LogP contribution in [0.15, 0.2) is 35.3 Å². The number of thiophene rings is 1. The summed E-state index contributed by atoms with van der Waals surface area (Å²) < 4.78 is 7.61. The molecule has 0 atom stereocenters. The molecule has 1 amide bonds. The number of unbranched alkanes of at least 4 members (excludes halogenated alkanes) is 4. The number of likely N-dealkylation sites (N-methyl/N-ethyl adjacent to an activating group) is 1. The van der Waals surface area contributed by atoms with Crippen molar-refractivity contribution in [2.75, 3.05) is 39.8 Å². The normalized spacial score (nSPS) is 15.6. The van der Waals surface area contributed by atoms with Crippen LogP contribution in [0.1, 0.15) is 59.8 Å². The highest BCUT2D eigenvalue weighted by Gasteiger charge is 2.25. The van der Waals surface area contributed by atoms with Crippen LogP contribution in [0.5, 0.6) is 0 Å². The van der Waals surface area contributed by atoms with Gasteiger partial charge in [0, 0.05) is 47.2 Å². The molecular formula is C28H35ClN6O2S. The first-order valence-corrected chi connectivity index (χ1v) is 14.6. The molecule has 3 aromatic rings. The lowest BCUT2D eigenvalue weighted by atomic mass is 10.0. The number of carbonyl (C=O) groups excluding carboxylic acids is 1. The summed E-state index contributed by atoms with van der Waals surface area (Å²) in [6.45, 7) is 6.31. The molecule has 4 heterocycles. The number of carbonyl (C=O) groups is 1. The summed E-state index contributed by atoms with van der Waals surface area (Å²) in [7, 11) is 2.08. The second-order valence-electron chi connectivity index (χ2n) is 10.00. The maximum absolute atomic E-state index is 12.2. The number of hydrogen-bond acceptors (Lipinski definition) is 7. The molecule has 10 heteroatoms. The number of benzene rings is 1. The van der Waals surface area contributed by atoms with Crippen molar-refractivity contribution in [3.63, 3.8) is 0 Å². The van der Waals surface area contributed by atoms with Crippen molar-refractivity contribution >= 4 is 34.7 Å². The predicted octanol–water partition coefficient (Wildman–Crippen LogP) is 5.52. The third kappa shape index (κ3) is 6.11. The van der Waals surface area contributed by atoms with Crippen molar-refractivity contribution < 1.29 is 9.53 Å². The lowest BCUT2D eigenvalue weighted by Gasteiger charge is -2.31. The summed E-state index contributed by atoms with van der Waals surface area (Å²) in [6.07, 6.45) is 6.25. The van der Waals surface area contributed by atoms with Crippen molar-refractivity contribution in [2.24, 2.45) is 4.99 Å². The van der Waals surface area contributed by atoms with Crippen molar-refractivity contribution in [3.05, 3.63) is 63.0 Å². The summed E-state index contributed by atoms with van der Waals surface area (Å²) in [5, 5.41) is 10.5. The van der Waals surface area contributed by atoms with Gasteiger partial charge in [-0.2, -0.15) is 0 Å². The van der Waals surface area contributed by atoms with E-state index in [1.807, 2.05) is 36.1 Å². The number of aromatic nitrogens is 3. The average molecular weight is 555 g/mol. The molecule has 0 unspecified atom stereocenters. The smallest absolute Gasteiger partial charge is 0.409 e. The summed E-state index contributed by atoms with van der Waals surface area (Å²) >= 11 is 8.37. The summed E-state index contributed by atoms with van der Waals surface area (Å²) in [5.74, 6) is 1.73. The fourth-order valence-corrected chi connectivity index (χ4v) is 6.44. The van der Waals surface area contributed by atoms with Gasteiger partial charge in [0.2, 0.25) is 0 Å².